The maximum Gasteiger partial charge on any atom is -0.00262 e. The molecule has 6 aromatic carbocycles. The molecular weight excluding hydrogens is 432 g/mol. The minimum atomic E-state index is 0.145. The van der Waals surface area contributed by atoms with E-state index in [1.165, 1.54) is 60.5 Å². The van der Waals surface area contributed by atoms with Crippen LogP contribution in [0.1, 0.15) is 26.3 Å². The highest BCUT2D eigenvalue weighted by Gasteiger charge is 2.18. The zero-order valence-corrected chi connectivity index (χ0v) is 21.1. The van der Waals surface area contributed by atoms with Gasteiger partial charge in [0.2, 0.25) is 0 Å². The Hall–Kier alpha value is -4.16. The first-order valence-electron chi connectivity index (χ1n) is 12.7. The van der Waals surface area contributed by atoms with Crippen molar-refractivity contribution in [3.05, 3.63) is 133 Å². The van der Waals surface area contributed by atoms with Gasteiger partial charge in [0.1, 0.15) is 0 Å². The summed E-state index contributed by atoms with van der Waals surface area (Å²) in [4.78, 5) is 0. The van der Waals surface area contributed by atoms with Gasteiger partial charge in [-0.1, -0.05) is 142 Å². The SMILES string of the molecule is CC(C)(C)c1ccc(-c2ccc3c(-c4ccccc4)c4ccccc4c(-c4ccccc4)c3c2)cc1. The molecule has 36 heavy (non-hydrogen) atoms. The second-order valence-corrected chi connectivity index (χ2v) is 10.6. The summed E-state index contributed by atoms with van der Waals surface area (Å²) >= 11 is 0. The fourth-order valence-electron chi connectivity index (χ4n) is 5.35. The van der Waals surface area contributed by atoms with Crippen molar-refractivity contribution < 1.29 is 0 Å². The van der Waals surface area contributed by atoms with Crippen LogP contribution in [-0.4, -0.2) is 0 Å². The van der Waals surface area contributed by atoms with E-state index in [1.807, 2.05) is 0 Å². The maximum atomic E-state index is 2.39. The van der Waals surface area contributed by atoms with Crippen LogP contribution < -0.4 is 0 Å². The van der Waals surface area contributed by atoms with Gasteiger partial charge in [0.25, 0.3) is 0 Å². The summed E-state index contributed by atoms with van der Waals surface area (Å²) in [6.07, 6.45) is 0. The Bertz CT molecular complexity index is 1670. The number of rotatable bonds is 3. The standard InChI is InChI=1S/C36H30/c1-36(2,3)29-21-18-25(19-22-29)28-20-23-32-33(24-28)35(27-14-8-5-9-15-27)31-17-11-10-16-30(31)34(32)26-12-6-4-7-13-26/h4-24H,1-3H3. The van der Waals surface area contributed by atoms with Gasteiger partial charge in [-0.2, -0.15) is 0 Å². The summed E-state index contributed by atoms with van der Waals surface area (Å²) in [5.41, 5.74) is 9.09. The van der Waals surface area contributed by atoms with Crippen molar-refractivity contribution in [2.75, 3.05) is 0 Å². The molecule has 0 aliphatic heterocycles. The third-order valence-corrected chi connectivity index (χ3v) is 7.23. The summed E-state index contributed by atoms with van der Waals surface area (Å²) in [5, 5.41) is 5.15. The van der Waals surface area contributed by atoms with Crippen molar-refractivity contribution in [2.45, 2.75) is 26.2 Å². The lowest BCUT2D eigenvalue weighted by molar-refractivity contribution is 0.590. The molecule has 0 aliphatic carbocycles. The van der Waals surface area contributed by atoms with E-state index in [-0.39, 0.29) is 5.41 Å². The first-order chi connectivity index (χ1) is 17.5. The fourth-order valence-corrected chi connectivity index (χ4v) is 5.35. The van der Waals surface area contributed by atoms with Crippen LogP contribution in [-0.2, 0) is 5.41 Å². The molecule has 0 nitrogen and oxygen atoms in total. The van der Waals surface area contributed by atoms with E-state index < -0.39 is 0 Å². The molecule has 0 amide bonds. The third kappa shape index (κ3) is 3.89. The van der Waals surface area contributed by atoms with Gasteiger partial charge in [0.05, 0.1) is 0 Å². The van der Waals surface area contributed by atoms with Crippen LogP contribution >= 0.6 is 0 Å². The molecule has 0 unspecified atom stereocenters. The first-order valence-corrected chi connectivity index (χ1v) is 12.7. The van der Waals surface area contributed by atoms with Crippen molar-refractivity contribution in [1.29, 1.82) is 0 Å². The highest BCUT2D eigenvalue weighted by atomic mass is 14.2. The molecule has 0 saturated heterocycles. The van der Waals surface area contributed by atoms with E-state index in [2.05, 4.69) is 148 Å². The van der Waals surface area contributed by atoms with Crippen LogP contribution in [0.3, 0.4) is 0 Å². The Labute approximate surface area is 213 Å². The lowest BCUT2D eigenvalue weighted by Crippen LogP contribution is -2.10. The van der Waals surface area contributed by atoms with Crippen LogP contribution in [0.5, 0.6) is 0 Å². The van der Waals surface area contributed by atoms with E-state index in [4.69, 9.17) is 0 Å². The number of hydrogen-bond acceptors (Lipinski definition) is 0. The van der Waals surface area contributed by atoms with E-state index in [9.17, 15) is 0 Å². The van der Waals surface area contributed by atoms with Crippen molar-refractivity contribution in [3.8, 4) is 33.4 Å². The molecule has 0 aliphatic rings. The molecule has 0 saturated carbocycles. The van der Waals surface area contributed by atoms with Crippen molar-refractivity contribution in [2.24, 2.45) is 0 Å². The molecule has 174 valence electrons. The van der Waals surface area contributed by atoms with Crippen LogP contribution in [0.4, 0.5) is 0 Å². The van der Waals surface area contributed by atoms with E-state index in [1.54, 1.807) is 0 Å². The van der Waals surface area contributed by atoms with E-state index >= 15 is 0 Å². The van der Waals surface area contributed by atoms with E-state index in [0.717, 1.165) is 0 Å². The van der Waals surface area contributed by atoms with Gasteiger partial charge in [0.15, 0.2) is 0 Å². The van der Waals surface area contributed by atoms with Crippen LogP contribution in [0, 0.1) is 0 Å². The molecule has 0 radical (unpaired) electrons. The van der Waals surface area contributed by atoms with Crippen LogP contribution in [0.15, 0.2) is 127 Å². The topological polar surface area (TPSA) is 0 Å². The van der Waals surface area contributed by atoms with Gasteiger partial charge in [-0.25, -0.2) is 0 Å². The molecule has 6 rings (SSSR count). The monoisotopic (exact) mass is 462 g/mol. The van der Waals surface area contributed by atoms with Crippen molar-refractivity contribution in [3.63, 3.8) is 0 Å². The predicted molar refractivity (Wildman–Crippen MR) is 156 cm³/mol. The highest BCUT2D eigenvalue weighted by molar-refractivity contribution is 6.21. The molecule has 0 aromatic heterocycles. The van der Waals surface area contributed by atoms with Crippen molar-refractivity contribution in [1.82, 2.24) is 0 Å². The lowest BCUT2D eigenvalue weighted by atomic mass is 9.84. The molecule has 0 bridgehead atoms. The highest BCUT2D eigenvalue weighted by Crippen LogP contribution is 2.44. The largest absolute Gasteiger partial charge is 0.0622 e. The number of fused-ring (bicyclic) bond motifs is 2. The molecule has 6 aromatic rings. The summed E-state index contributed by atoms with van der Waals surface area (Å²) < 4.78 is 0. The average molecular weight is 463 g/mol. The fraction of sp³-hybridized carbons (Fsp3) is 0.111. The van der Waals surface area contributed by atoms with Gasteiger partial charge >= 0.3 is 0 Å². The molecule has 0 N–H and O–H groups in total. The van der Waals surface area contributed by atoms with Gasteiger partial charge in [0, 0.05) is 0 Å². The summed E-state index contributed by atoms with van der Waals surface area (Å²) in [7, 11) is 0. The Morgan fingerprint density at radius 3 is 1.33 bits per heavy atom. The minimum Gasteiger partial charge on any atom is -0.0622 e. The van der Waals surface area contributed by atoms with Crippen molar-refractivity contribution >= 4 is 21.5 Å². The molecular formula is C36H30. The normalized spacial score (nSPS) is 11.8. The van der Waals surface area contributed by atoms with Gasteiger partial charge < -0.3 is 0 Å². The minimum absolute atomic E-state index is 0.145. The second-order valence-electron chi connectivity index (χ2n) is 10.6. The molecule has 0 heteroatoms. The van der Waals surface area contributed by atoms with Crippen LogP contribution in [0.25, 0.3) is 54.9 Å². The first kappa shape index (κ1) is 22.3. The Morgan fingerprint density at radius 2 is 0.806 bits per heavy atom. The summed E-state index contributed by atoms with van der Waals surface area (Å²) in [6, 6.07) is 46.5. The summed E-state index contributed by atoms with van der Waals surface area (Å²) in [6.45, 7) is 6.79. The van der Waals surface area contributed by atoms with Crippen LogP contribution in [0.2, 0.25) is 0 Å². The van der Waals surface area contributed by atoms with Gasteiger partial charge in [-0.05, 0) is 72.0 Å². The Kier molecular flexibility index (Phi) is 5.46. The smallest absolute Gasteiger partial charge is 0.00262 e. The lowest BCUT2D eigenvalue weighted by Gasteiger charge is -2.20. The molecule has 0 heterocycles. The van der Waals surface area contributed by atoms with E-state index in [0.29, 0.717) is 0 Å². The van der Waals surface area contributed by atoms with Gasteiger partial charge in [-0.15, -0.1) is 0 Å². The number of benzene rings is 6. The third-order valence-electron chi connectivity index (χ3n) is 7.23. The Morgan fingerprint density at radius 1 is 0.361 bits per heavy atom. The molecule has 0 spiro atoms. The second kappa shape index (κ2) is 8.81. The zero-order valence-electron chi connectivity index (χ0n) is 21.1. The average Bonchev–Trinajstić information content (AvgIpc) is 2.92. The maximum absolute atomic E-state index is 2.39. The Balaban J connectivity index is 1.69. The number of hydrogen-bond donors (Lipinski definition) is 0. The summed E-state index contributed by atoms with van der Waals surface area (Å²) in [5.74, 6) is 0. The predicted octanol–water partition coefficient (Wildman–Crippen LogP) is 10.3. The van der Waals surface area contributed by atoms with Gasteiger partial charge in [-0.3, -0.25) is 0 Å². The zero-order chi connectivity index (χ0) is 24.7. The quantitative estimate of drug-likeness (QED) is 0.229. The molecule has 0 fully saturated rings. The molecule has 0 atom stereocenters.